The fraction of sp³-hybridized carbons (Fsp3) is 0.259. The first-order valence-corrected chi connectivity index (χ1v) is 11.2. The maximum absolute atomic E-state index is 13.5. The summed E-state index contributed by atoms with van der Waals surface area (Å²) in [5.74, 6) is -1.16. The van der Waals surface area contributed by atoms with E-state index in [0.717, 1.165) is 16.7 Å². The molecule has 3 rings (SSSR count). The Balaban J connectivity index is 0.00000408. The van der Waals surface area contributed by atoms with Gasteiger partial charge in [0.2, 0.25) is 11.8 Å². The van der Waals surface area contributed by atoms with Crippen LogP contribution in [0.25, 0.3) is 0 Å². The van der Waals surface area contributed by atoms with E-state index in [0.29, 0.717) is 19.4 Å². The summed E-state index contributed by atoms with van der Waals surface area (Å²) in [4.78, 5) is 26.6. The van der Waals surface area contributed by atoms with Crippen molar-refractivity contribution in [2.24, 2.45) is 5.73 Å². The fourth-order valence-electron chi connectivity index (χ4n) is 3.82. The molecule has 34 heavy (non-hydrogen) atoms. The number of nitrogens with two attached hydrogens (primary N) is 1. The van der Waals surface area contributed by atoms with E-state index in [4.69, 9.17) is 5.73 Å². The normalized spacial score (nSPS) is 12.3. The van der Waals surface area contributed by atoms with Gasteiger partial charge in [-0.3, -0.25) is 9.59 Å². The summed E-state index contributed by atoms with van der Waals surface area (Å²) in [6, 6.07) is 26.9. The van der Waals surface area contributed by atoms with E-state index in [-0.39, 0.29) is 30.8 Å². The summed E-state index contributed by atoms with van der Waals surface area (Å²) in [6.07, 6.45) is 0.978. The molecule has 0 aromatic heterocycles. The zero-order valence-electron chi connectivity index (χ0n) is 19.0. The minimum absolute atomic E-state index is 0. The molecule has 0 saturated carbocycles. The van der Waals surface area contributed by atoms with E-state index in [1.54, 1.807) is 0 Å². The third kappa shape index (κ3) is 7.42. The van der Waals surface area contributed by atoms with Gasteiger partial charge in [-0.1, -0.05) is 91.0 Å². The lowest BCUT2D eigenvalue weighted by molar-refractivity contribution is -0.130. The van der Waals surface area contributed by atoms with Gasteiger partial charge in [-0.25, -0.2) is 0 Å². The number of halogens is 1. The topological polar surface area (TPSA) is 104 Å². The van der Waals surface area contributed by atoms with Crippen molar-refractivity contribution in [2.45, 2.75) is 30.8 Å². The lowest BCUT2D eigenvalue weighted by atomic mass is 9.90. The molecular weight excluding hydrogens is 450 g/mol. The Labute approximate surface area is 207 Å². The highest BCUT2D eigenvalue weighted by Gasteiger charge is 2.28. The molecule has 3 aromatic carbocycles. The van der Waals surface area contributed by atoms with Gasteiger partial charge in [0, 0.05) is 0 Å². The average Bonchev–Trinajstić information content (AvgIpc) is 2.87. The molecule has 0 aliphatic carbocycles. The zero-order chi connectivity index (χ0) is 23.5. The predicted octanol–water partition coefficient (Wildman–Crippen LogP) is 3.31. The highest BCUT2D eigenvalue weighted by atomic mass is 35.5. The van der Waals surface area contributed by atoms with Gasteiger partial charge in [0.05, 0.1) is 18.6 Å². The highest BCUT2D eigenvalue weighted by molar-refractivity contribution is 5.92. The Hall–Kier alpha value is -3.19. The Kier molecular flexibility index (Phi) is 11.3. The predicted molar refractivity (Wildman–Crippen MR) is 137 cm³/mol. The third-order valence-corrected chi connectivity index (χ3v) is 5.56. The van der Waals surface area contributed by atoms with Gasteiger partial charge in [0.25, 0.3) is 0 Å². The van der Waals surface area contributed by atoms with Crippen molar-refractivity contribution in [3.63, 3.8) is 0 Å². The van der Waals surface area contributed by atoms with Gasteiger partial charge in [-0.15, -0.1) is 12.4 Å². The summed E-state index contributed by atoms with van der Waals surface area (Å²) in [7, 11) is 0. The maximum Gasteiger partial charge on any atom is 0.243 e. The van der Waals surface area contributed by atoms with Crippen molar-refractivity contribution in [1.82, 2.24) is 10.6 Å². The molecule has 3 aromatic rings. The summed E-state index contributed by atoms with van der Waals surface area (Å²) < 4.78 is 0. The Morgan fingerprint density at radius 2 is 1.21 bits per heavy atom. The van der Waals surface area contributed by atoms with Gasteiger partial charge in [0.15, 0.2) is 0 Å². The Bertz CT molecular complexity index is 964. The molecule has 0 unspecified atom stereocenters. The van der Waals surface area contributed by atoms with E-state index in [1.807, 2.05) is 91.0 Å². The van der Waals surface area contributed by atoms with E-state index in [9.17, 15) is 14.7 Å². The largest absolute Gasteiger partial charge is 0.394 e. The van der Waals surface area contributed by atoms with E-state index in [2.05, 4.69) is 10.6 Å². The van der Waals surface area contributed by atoms with Crippen molar-refractivity contribution >= 4 is 24.2 Å². The number of amides is 2. The van der Waals surface area contributed by atoms with Crippen molar-refractivity contribution in [3.8, 4) is 0 Å². The molecule has 0 heterocycles. The number of nitrogens with one attached hydrogen (secondary N) is 2. The lowest BCUT2D eigenvalue weighted by Gasteiger charge is -2.25. The second-order valence-electron chi connectivity index (χ2n) is 7.90. The number of rotatable bonds is 11. The monoisotopic (exact) mass is 481 g/mol. The van der Waals surface area contributed by atoms with Crippen LogP contribution in [-0.4, -0.2) is 36.1 Å². The molecule has 0 fully saturated rings. The fourth-order valence-corrected chi connectivity index (χ4v) is 3.82. The van der Waals surface area contributed by atoms with Crippen LogP contribution in [0.5, 0.6) is 0 Å². The quantitative estimate of drug-likeness (QED) is 0.337. The molecular formula is C27H32ClN3O3. The molecule has 0 radical (unpaired) electrons. The highest BCUT2D eigenvalue weighted by Crippen LogP contribution is 2.25. The molecule has 0 saturated heterocycles. The minimum atomic E-state index is -0.770. The van der Waals surface area contributed by atoms with Crippen LogP contribution in [0.15, 0.2) is 91.0 Å². The molecule has 180 valence electrons. The second-order valence-corrected chi connectivity index (χ2v) is 7.90. The number of hydrogen-bond donors (Lipinski definition) is 4. The van der Waals surface area contributed by atoms with Crippen molar-refractivity contribution in [3.05, 3.63) is 108 Å². The summed E-state index contributed by atoms with van der Waals surface area (Å²) >= 11 is 0. The van der Waals surface area contributed by atoms with Crippen LogP contribution < -0.4 is 16.4 Å². The molecule has 6 nitrogen and oxygen atoms in total. The van der Waals surface area contributed by atoms with Gasteiger partial charge in [0.1, 0.15) is 6.04 Å². The molecule has 0 aliphatic heterocycles. The summed E-state index contributed by atoms with van der Waals surface area (Å²) in [6.45, 7) is 0.159. The van der Waals surface area contributed by atoms with Crippen LogP contribution in [0.2, 0.25) is 0 Å². The van der Waals surface area contributed by atoms with Gasteiger partial charge >= 0.3 is 0 Å². The first kappa shape index (κ1) is 27.1. The summed E-state index contributed by atoms with van der Waals surface area (Å²) in [5.41, 5.74) is 8.17. The zero-order valence-corrected chi connectivity index (χ0v) is 19.8. The van der Waals surface area contributed by atoms with Crippen molar-refractivity contribution < 1.29 is 14.7 Å². The first-order chi connectivity index (χ1) is 16.1. The van der Waals surface area contributed by atoms with Gasteiger partial charge < -0.3 is 21.5 Å². The number of aliphatic hydroxyl groups excluding tert-OH is 1. The Morgan fingerprint density at radius 3 is 1.65 bits per heavy atom. The molecule has 7 heteroatoms. The van der Waals surface area contributed by atoms with Crippen LogP contribution in [0.4, 0.5) is 0 Å². The Morgan fingerprint density at radius 1 is 0.735 bits per heavy atom. The molecule has 2 amide bonds. The summed E-state index contributed by atoms with van der Waals surface area (Å²) in [5, 5.41) is 15.6. The number of carbonyl (C=O) groups excluding carboxylic acids is 2. The van der Waals surface area contributed by atoms with Gasteiger partial charge in [-0.2, -0.15) is 0 Å². The second kappa shape index (κ2) is 14.2. The van der Waals surface area contributed by atoms with Crippen LogP contribution in [0.3, 0.4) is 0 Å². The number of hydrogen-bond acceptors (Lipinski definition) is 4. The molecule has 0 aliphatic rings. The van der Waals surface area contributed by atoms with Gasteiger partial charge in [-0.05, 0) is 36.1 Å². The first-order valence-electron chi connectivity index (χ1n) is 11.2. The lowest BCUT2D eigenvalue weighted by Crippen LogP contribution is -2.49. The maximum atomic E-state index is 13.5. The van der Waals surface area contributed by atoms with E-state index >= 15 is 0 Å². The number of carbonyl (C=O) groups is 2. The smallest absolute Gasteiger partial charge is 0.243 e. The minimum Gasteiger partial charge on any atom is -0.394 e. The third-order valence-electron chi connectivity index (χ3n) is 5.56. The van der Waals surface area contributed by atoms with Crippen LogP contribution in [0, 0.1) is 0 Å². The standard InChI is InChI=1S/C27H31N3O3.ClH/c28-18-10-17-23(26(32)30-24(19-31)20-11-4-1-5-12-20)29-27(33)25(21-13-6-2-7-14-21)22-15-8-3-9-16-22;/h1-9,11-16,23-25,31H,10,17-19,28H2,(H,29,33)(H,30,32);1H/t23-,24+;/m1./s1. The van der Waals surface area contributed by atoms with Crippen LogP contribution in [-0.2, 0) is 9.59 Å². The average molecular weight is 482 g/mol. The van der Waals surface area contributed by atoms with Crippen LogP contribution >= 0.6 is 12.4 Å². The van der Waals surface area contributed by atoms with E-state index in [1.165, 1.54) is 0 Å². The van der Waals surface area contributed by atoms with E-state index < -0.39 is 18.0 Å². The SMILES string of the molecule is Cl.NCCC[C@@H](NC(=O)C(c1ccccc1)c1ccccc1)C(=O)N[C@@H](CO)c1ccccc1. The van der Waals surface area contributed by atoms with Crippen molar-refractivity contribution in [2.75, 3.05) is 13.2 Å². The molecule has 5 N–H and O–H groups in total. The van der Waals surface area contributed by atoms with Crippen molar-refractivity contribution in [1.29, 1.82) is 0 Å². The number of benzene rings is 3. The number of aliphatic hydroxyl groups is 1. The van der Waals surface area contributed by atoms with Crippen LogP contribution in [0.1, 0.15) is 41.5 Å². The molecule has 2 atom stereocenters. The molecule has 0 spiro atoms. The molecule has 0 bridgehead atoms.